The molecule has 4 rings (SSSR count). The molecule has 0 fully saturated rings. The van der Waals surface area contributed by atoms with Gasteiger partial charge in [0, 0.05) is 23.1 Å². The summed E-state index contributed by atoms with van der Waals surface area (Å²) in [5, 5.41) is 21.7. The predicted molar refractivity (Wildman–Crippen MR) is 164 cm³/mol. The molecular formula is C36H36O7. The van der Waals surface area contributed by atoms with E-state index in [2.05, 4.69) is 0 Å². The highest BCUT2D eigenvalue weighted by atomic mass is 16.6. The molecule has 0 saturated heterocycles. The summed E-state index contributed by atoms with van der Waals surface area (Å²) in [6.45, 7) is 11.4. The third-order valence-corrected chi connectivity index (χ3v) is 7.06. The highest BCUT2D eigenvalue weighted by Crippen LogP contribution is 2.36. The number of phenolic OH excluding ortho intramolecular Hbond substituents is 2. The molecule has 7 nitrogen and oxygen atoms in total. The van der Waals surface area contributed by atoms with E-state index in [0.29, 0.717) is 23.1 Å². The second-order valence-electron chi connectivity index (χ2n) is 12.4. The first-order valence-electron chi connectivity index (χ1n) is 14.0. The summed E-state index contributed by atoms with van der Waals surface area (Å²) >= 11 is 0. The summed E-state index contributed by atoms with van der Waals surface area (Å²) in [5.41, 5.74) is 1.16. The lowest BCUT2D eigenvalue weighted by molar-refractivity contribution is 0.0394. The highest BCUT2D eigenvalue weighted by Gasteiger charge is 2.29. The Morgan fingerprint density at radius 2 is 1.05 bits per heavy atom. The Morgan fingerprint density at radius 3 is 1.58 bits per heavy atom. The molecule has 222 valence electrons. The molecule has 0 aliphatic carbocycles. The molecular weight excluding hydrogens is 544 g/mol. The van der Waals surface area contributed by atoms with Crippen molar-refractivity contribution in [2.45, 2.75) is 58.8 Å². The number of ether oxygens (including phenoxy) is 2. The van der Waals surface area contributed by atoms with Gasteiger partial charge in [-0.25, -0.2) is 14.4 Å². The molecule has 2 N–H and O–H groups in total. The Hall–Kier alpha value is -4.91. The van der Waals surface area contributed by atoms with Crippen LogP contribution in [0.3, 0.4) is 0 Å². The standard InChI is InChI=1S/C36H36O7/c1-35(2,3)27-19-11-16-24(29(27)37)32(39)42-31-23(21-22-13-8-7-9-14-22)15-10-18-26(31)34(41)43-33(40)25-17-12-20-28(30(25)38)36(4,5)6/h7-20,37-38H,21H2,1-6H3. The third kappa shape index (κ3) is 6.95. The molecule has 0 heterocycles. The van der Waals surface area contributed by atoms with Crippen LogP contribution >= 0.6 is 0 Å². The molecule has 7 heteroatoms. The summed E-state index contributed by atoms with van der Waals surface area (Å²) in [4.78, 5) is 40.0. The first-order valence-corrected chi connectivity index (χ1v) is 14.0. The summed E-state index contributed by atoms with van der Waals surface area (Å²) in [6, 6.07) is 23.6. The van der Waals surface area contributed by atoms with Gasteiger partial charge in [0.15, 0.2) is 0 Å². The number of carbonyl (C=O) groups excluding carboxylic acids is 3. The average Bonchev–Trinajstić information content (AvgIpc) is 2.93. The molecule has 0 aliphatic rings. The Morgan fingerprint density at radius 1 is 0.581 bits per heavy atom. The number of para-hydroxylation sites is 3. The van der Waals surface area contributed by atoms with Crippen molar-refractivity contribution in [1.29, 1.82) is 0 Å². The van der Waals surface area contributed by atoms with Gasteiger partial charge in [0.2, 0.25) is 0 Å². The van der Waals surface area contributed by atoms with Crippen LogP contribution < -0.4 is 4.74 Å². The van der Waals surface area contributed by atoms with Crippen molar-refractivity contribution in [2.75, 3.05) is 0 Å². The quantitative estimate of drug-likeness (QED) is 0.138. The van der Waals surface area contributed by atoms with E-state index in [1.54, 1.807) is 36.4 Å². The van der Waals surface area contributed by atoms with E-state index in [-0.39, 0.29) is 33.9 Å². The van der Waals surface area contributed by atoms with Crippen LogP contribution in [0.25, 0.3) is 0 Å². The van der Waals surface area contributed by atoms with Crippen LogP contribution in [-0.2, 0) is 22.0 Å². The van der Waals surface area contributed by atoms with Gasteiger partial charge in [-0.2, -0.15) is 0 Å². The molecule has 43 heavy (non-hydrogen) atoms. The Kier molecular flexibility index (Phi) is 8.76. The molecule has 0 bridgehead atoms. The lowest BCUT2D eigenvalue weighted by Crippen LogP contribution is -2.19. The maximum Gasteiger partial charge on any atom is 0.349 e. The summed E-state index contributed by atoms with van der Waals surface area (Å²) < 4.78 is 11.0. The average molecular weight is 581 g/mol. The molecule has 0 spiro atoms. The van der Waals surface area contributed by atoms with Crippen molar-refractivity contribution in [2.24, 2.45) is 0 Å². The summed E-state index contributed by atoms with van der Waals surface area (Å²) in [6.07, 6.45) is 0.306. The van der Waals surface area contributed by atoms with E-state index in [1.807, 2.05) is 71.9 Å². The lowest BCUT2D eigenvalue weighted by Gasteiger charge is -2.22. The number of hydrogen-bond donors (Lipinski definition) is 2. The molecule has 0 saturated carbocycles. The van der Waals surface area contributed by atoms with Crippen molar-refractivity contribution in [1.82, 2.24) is 0 Å². The number of aromatic hydroxyl groups is 2. The number of hydrogen-bond acceptors (Lipinski definition) is 7. The molecule has 0 unspecified atom stereocenters. The molecule has 4 aromatic rings. The third-order valence-electron chi connectivity index (χ3n) is 7.06. The highest BCUT2D eigenvalue weighted by molar-refractivity contribution is 6.06. The van der Waals surface area contributed by atoms with Crippen LogP contribution in [0.5, 0.6) is 17.2 Å². The van der Waals surface area contributed by atoms with Crippen molar-refractivity contribution >= 4 is 17.9 Å². The van der Waals surface area contributed by atoms with Crippen molar-refractivity contribution < 1.29 is 34.1 Å². The van der Waals surface area contributed by atoms with E-state index in [9.17, 15) is 24.6 Å². The molecule has 0 radical (unpaired) electrons. The largest absolute Gasteiger partial charge is 0.507 e. The van der Waals surface area contributed by atoms with Crippen LogP contribution in [0.1, 0.15) is 94.9 Å². The molecule has 0 atom stereocenters. The van der Waals surface area contributed by atoms with E-state index < -0.39 is 28.7 Å². The maximum atomic E-state index is 13.5. The second kappa shape index (κ2) is 12.1. The minimum absolute atomic E-state index is 0.0683. The van der Waals surface area contributed by atoms with Crippen molar-refractivity contribution in [3.63, 3.8) is 0 Å². The van der Waals surface area contributed by atoms with Gasteiger partial charge in [0.05, 0.1) is 0 Å². The van der Waals surface area contributed by atoms with Gasteiger partial charge in [-0.1, -0.05) is 108 Å². The fraction of sp³-hybridized carbons (Fsp3) is 0.250. The van der Waals surface area contributed by atoms with Gasteiger partial charge in [0.25, 0.3) is 0 Å². The fourth-order valence-corrected chi connectivity index (χ4v) is 4.79. The normalized spacial score (nSPS) is 11.6. The van der Waals surface area contributed by atoms with Crippen molar-refractivity contribution in [3.05, 3.63) is 124 Å². The zero-order valence-electron chi connectivity index (χ0n) is 25.2. The SMILES string of the molecule is CC(C)(C)c1cccc(C(=O)OC(=O)c2cccc(Cc3ccccc3)c2OC(=O)c2cccc(C(C)(C)C)c2O)c1O. The Balaban J connectivity index is 1.73. The second-order valence-corrected chi connectivity index (χ2v) is 12.4. The van der Waals surface area contributed by atoms with Gasteiger partial charge < -0.3 is 19.7 Å². The summed E-state index contributed by atoms with van der Waals surface area (Å²) in [7, 11) is 0. The lowest BCUT2D eigenvalue weighted by atomic mass is 9.85. The van der Waals surface area contributed by atoms with E-state index in [4.69, 9.17) is 9.47 Å². The van der Waals surface area contributed by atoms with Gasteiger partial charge in [0.1, 0.15) is 33.9 Å². The Bertz CT molecular complexity index is 1670. The van der Waals surface area contributed by atoms with Crippen LogP contribution in [-0.4, -0.2) is 28.1 Å². The smallest absolute Gasteiger partial charge is 0.349 e. The number of phenols is 2. The van der Waals surface area contributed by atoms with Crippen LogP contribution in [0.2, 0.25) is 0 Å². The molecule has 0 aromatic heterocycles. The van der Waals surface area contributed by atoms with Crippen LogP contribution in [0.4, 0.5) is 0 Å². The number of esters is 3. The molecule has 4 aromatic carbocycles. The molecule has 0 amide bonds. The van der Waals surface area contributed by atoms with Crippen LogP contribution in [0, 0.1) is 0 Å². The first-order chi connectivity index (χ1) is 20.2. The van der Waals surface area contributed by atoms with Gasteiger partial charge in [-0.05, 0) is 34.6 Å². The maximum absolute atomic E-state index is 13.5. The zero-order valence-corrected chi connectivity index (χ0v) is 25.2. The minimum atomic E-state index is -1.06. The van der Waals surface area contributed by atoms with E-state index >= 15 is 0 Å². The first kappa shape index (κ1) is 31.0. The van der Waals surface area contributed by atoms with Gasteiger partial charge >= 0.3 is 17.9 Å². The number of carbonyl (C=O) groups is 3. The fourth-order valence-electron chi connectivity index (χ4n) is 4.79. The van der Waals surface area contributed by atoms with E-state index in [0.717, 1.165) is 5.56 Å². The minimum Gasteiger partial charge on any atom is -0.507 e. The Labute approximate surface area is 251 Å². The molecule has 0 aliphatic heterocycles. The summed E-state index contributed by atoms with van der Waals surface area (Å²) in [5.74, 6) is -3.56. The van der Waals surface area contributed by atoms with Crippen molar-refractivity contribution in [3.8, 4) is 17.2 Å². The topological polar surface area (TPSA) is 110 Å². The van der Waals surface area contributed by atoms with Crippen LogP contribution in [0.15, 0.2) is 84.9 Å². The van der Waals surface area contributed by atoms with Gasteiger partial charge in [-0.15, -0.1) is 0 Å². The number of rotatable bonds is 6. The monoisotopic (exact) mass is 580 g/mol. The van der Waals surface area contributed by atoms with E-state index in [1.165, 1.54) is 18.2 Å². The predicted octanol–water partition coefficient (Wildman–Crippen LogP) is 7.50. The zero-order chi connectivity index (χ0) is 31.5. The number of benzene rings is 4. The van der Waals surface area contributed by atoms with Gasteiger partial charge in [-0.3, -0.25) is 0 Å².